The lowest BCUT2D eigenvalue weighted by atomic mass is 10.1. The lowest BCUT2D eigenvalue weighted by Gasteiger charge is -2.31. The maximum absolute atomic E-state index is 13.0. The van der Waals surface area contributed by atoms with Crippen LogP contribution in [0.15, 0.2) is 29.2 Å². The van der Waals surface area contributed by atoms with Gasteiger partial charge in [-0.15, -0.1) is 0 Å². The predicted octanol–water partition coefficient (Wildman–Crippen LogP) is 2.22. The standard InChI is InChI=1S/C17H23NO4S2/c1-24(20,21)16-6-4-13(5-7-16)17(19)18(14-8-10-23-12-14)11-15-3-2-9-22-15/h4-7,14-15H,2-3,8-12H2,1H3/t14-,15+/m0/s1. The lowest BCUT2D eigenvalue weighted by Crippen LogP contribution is -2.44. The highest BCUT2D eigenvalue weighted by Gasteiger charge is 2.31. The Morgan fingerprint density at radius 1 is 1.29 bits per heavy atom. The first-order valence-corrected chi connectivity index (χ1v) is 11.3. The maximum atomic E-state index is 13.0. The quantitative estimate of drug-likeness (QED) is 0.796. The number of sulfone groups is 1. The average molecular weight is 370 g/mol. The Bertz CT molecular complexity index is 675. The summed E-state index contributed by atoms with van der Waals surface area (Å²) in [5.41, 5.74) is 0.539. The molecule has 0 radical (unpaired) electrons. The Hall–Kier alpha value is -1.05. The van der Waals surface area contributed by atoms with Crippen molar-refractivity contribution < 1.29 is 17.9 Å². The Labute approximate surface area is 147 Å². The molecule has 2 aliphatic heterocycles. The molecular weight excluding hydrogens is 346 g/mol. The van der Waals surface area contributed by atoms with Crippen LogP contribution in [0.2, 0.25) is 0 Å². The zero-order valence-corrected chi connectivity index (χ0v) is 15.4. The van der Waals surface area contributed by atoms with Crippen molar-refractivity contribution in [1.29, 1.82) is 0 Å². The second-order valence-electron chi connectivity index (χ2n) is 6.41. The molecule has 1 amide bonds. The molecule has 2 fully saturated rings. The summed E-state index contributed by atoms with van der Waals surface area (Å²) in [5, 5.41) is 0. The second-order valence-corrected chi connectivity index (χ2v) is 9.57. The molecule has 0 spiro atoms. The van der Waals surface area contributed by atoms with Gasteiger partial charge in [-0.25, -0.2) is 8.42 Å². The van der Waals surface area contributed by atoms with Crippen molar-refractivity contribution in [3.8, 4) is 0 Å². The Kier molecular flexibility index (Phi) is 5.52. The van der Waals surface area contributed by atoms with Crippen LogP contribution < -0.4 is 0 Å². The SMILES string of the molecule is CS(=O)(=O)c1ccc(C(=O)N(C[C@H]2CCCO2)[C@H]2CCSC2)cc1. The third-order valence-corrected chi connectivity index (χ3v) is 6.83. The summed E-state index contributed by atoms with van der Waals surface area (Å²) < 4.78 is 28.9. The minimum absolute atomic E-state index is 0.0296. The fraction of sp³-hybridized carbons (Fsp3) is 0.588. The fourth-order valence-electron chi connectivity index (χ4n) is 3.18. The van der Waals surface area contributed by atoms with Gasteiger partial charge in [-0.05, 0) is 49.3 Å². The first-order chi connectivity index (χ1) is 11.4. The van der Waals surface area contributed by atoms with Gasteiger partial charge in [0.25, 0.3) is 5.91 Å². The molecule has 3 rings (SSSR count). The lowest BCUT2D eigenvalue weighted by molar-refractivity contribution is 0.0441. The second kappa shape index (κ2) is 7.45. The summed E-state index contributed by atoms with van der Waals surface area (Å²) in [6.45, 7) is 1.40. The third-order valence-electron chi connectivity index (χ3n) is 4.56. The number of hydrogen-bond acceptors (Lipinski definition) is 5. The van der Waals surface area contributed by atoms with Crippen molar-refractivity contribution in [3.05, 3.63) is 29.8 Å². The van der Waals surface area contributed by atoms with E-state index in [9.17, 15) is 13.2 Å². The maximum Gasteiger partial charge on any atom is 0.254 e. The number of carbonyl (C=O) groups excluding carboxylic acids is 1. The smallest absolute Gasteiger partial charge is 0.254 e. The Balaban J connectivity index is 1.79. The van der Waals surface area contributed by atoms with E-state index < -0.39 is 9.84 Å². The Morgan fingerprint density at radius 3 is 2.58 bits per heavy atom. The van der Waals surface area contributed by atoms with Crippen LogP contribution in [-0.2, 0) is 14.6 Å². The minimum atomic E-state index is -3.25. The monoisotopic (exact) mass is 369 g/mol. The highest BCUT2D eigenvalue weighted by atomic mass is 32.2. The van der Waals surface area contributed by atoms with Crippen molar-refractivity contribution in [1.82, 2.24) is 4.90 Å². The zero-order valence-electron chi connectivity index (χ0n) is 13.8. The van der Waals surface area contributed by atoms with Gasteiger partial charge in [-0.2, -0.15) is 11.8 Å². The molecule has 1 aromatic rings. The fourth-order valence-corrected chi connectivity index (χ4v) is 5.04. The number of benzene rings is 1. The first kappa shape index (κ1) is 17.8. The van der Waals surface area contributed by atoms with Crippen molar-refractivity contribution >= 4 is 27.5 Å². The van der Waals surface area contributed by atoms with Crippen LogP contribution in [0.4, 0.5) is 0 Å². The molecule has 0 saturated carbocycles. The van der Waals surface area contributed by atoms with Crippen LogP contribution in [0.3, 0.4) is 0 Å². The summed E-state index contributed by atoms with van der Waals surface area (Å²) in [6, 6.07) is 6.49. The molecule has 24 heavy (non-hydrogen) atoms. The molecule has 0 aliphatic carbocycles. The van der Waals surface area contributed by atoms with E-state index in [4.69, 9.17) is 4.74 Å². The summed E-state index contributed by atoms with van der Waals surface area (Å²) >= 11 is 1.87. The van der Waals surface area contributed by atoms with E-state index >= 15 is 0 Å². The normalized spacial score (nSPS) is 24.2. The van der Waals surface area contributed by atoms with E-state index in [2.05, 4.69) is 0 Å². The molecular formula is C17H23NO4S2. The topological polar surface area (TPSA) is 63.7 Å². The minimum Gasteiger partial charge on any atom is -0.376 e. The van der Waals surface area contributed by atoms with Gasteiger partial charge in [0, 0.05) is 36.8 Å². The van der Waals surface area contributed by atoms with Crippen LogP contribution in [0.25, 0.3) is 0 Å². The number of hydrogen-bond donors (Lipinski definition) is 0. The number of amides is 1. The molecule has 132 valence electrons. The molecule has 2 heterocycles. The van der Waals surface area contributed by atoms with E-state index in [0.717, 1.165) is 37.4 Å². The molecule has 1 aromatic carbocycles. The highest BCUT2D eigenvalue weighted by Crippen LogP contribution is 2.26. The van der Waals surface area contributed by atoms with Crippen LogP contribution in [0.5, 0.6) is 0 Å². The number of carbonyl (C=O) groups is 1. The molecule has 2 aliphatic rings. The molecule has 5 nitrogen and oxygen atoms in total. The summed E-state index contributed by atoms with van der Waals surface area (Å²) in [4.78, 5) is 15.2. The van der Waals surface area contributed by atoms with Crippen molar-refractivity contribution in [2.75, 3.05) is 30.9 Å². The van der Waals surface area contributed by atoms with E-state index in [-0.39, 0.29) is 22.9 Å². The van der Waals surface area contributed by atoms with Gasteiger partial charge in [0.1, 0.15) is 0 Å². The van der Waals surface area contributed by atoms with Crippen LogP contribution >= 0.6 is 11.8 Å². The summed E-state index contributed by atoms with van der Waals surface area (Å²) in [5.74, 6) is 2.01. The largest absolute Gasteiger partial charge is 0.376 e. The van der Waals surface area contributed by atoms with E-state index in [0.29, 0.717) is 12.1 Å². The van der Waals surface area contributed by atoms with Gasteiger partial charge in [-0.3, -0.25) is 4.79 Å². The Morgan fingerprint density at radius 2 is 2.04 bits per heavy atom. The number of thioether (sulfide) groups is 1. The molecule has 0 aromatic heterocycles. The number of nitrogens with zero attached hydrogens (tertiary/aromatic N) is 1. The van der Waals surface area contributed by atoms with Crippen molar-refractivity contribution in [2.24, 2.45) is 0 Å². The highest BCUT2D eigenvalue weighted by molar-refractivity contribution is 7.99. The van der Waals surface area contributed by atoms with E-state index in [1.54, 1.807) is 12.1 Å². The molecule has 2 atom stereocenters. The molecule has 7 heteroatoms. The summed E-state index contributed by atoms with van der Waals surface area (Å²) in [6.07, 6.45) is 4.34. The van der Waals surface area contributed by atoms with E-state index in [1.807, 2.05) is 16.7 Å². The van der Waals surface area contributed by atoms with Crippen molar-refractivity contribution in [3.63, 3.8) is 0 Å². The molecule has 0 N–H and O–H groups in total. The number of rotatable bonds is 5. The van der Waals surface area contributed by atoms with Crippen LogP contribution in [0.1, 0.15) is 29.6 Å². The van der Waals surface area contributed by atoms with Crippen LogP contribution in [-0.4, -0.2) is 62.3 Å². The van der Waals surface area contributed by atoms with Gasteiger partial charge < -0.3 is 9.64 Å². The first-order valence-electron chi connectivity index (χ1n) is 8.25. The van der Waals surface area contributed by atoms with Crippen molar-refractivity contribution in [2.45, 2.75) is 36.3 Å². The predicted molar refractivity (Wildman–Crippen MR) is 95.3 cm³/mol. The zero-order chi connectivity index (χ0) is 17.2. The summed E-state index contributed by atoms with van der Waals surface area (Å²) in [7, 11) is -3.25. The van der Waals surface area contributed by atoms with Crippen LogP contribution in [0, 0.1) is 0 Å². The van der Waals surface area contributed by atoms with Gasteiger partial charge in [0.05, 0.1) is 11.0 Å². The van der Waals surface area contributed by atoms with Gasteiger partial charge in [0.2, 0.25) is 0 Å². The van der Waals surface area contributed by atoms with Gasteiger partial charge in [-0.1, -0.05) is 0 Å². The molecule has 0 bridgehead atoms. The molecule has 0 unspecified atom stereocenters. The van der Waals surface area contributed by atoms with Gasteiger partial charge in [0.15, 0.2) is 9.84 Å². The molecule has 2 saturated heterocycles. The average Bonchev–Trinajstić information content (AvgIpc) is 3.24. The van der Waals surface area contributed by atoms with Gasteiger partial charge >= 0.3 is 0 Å². The third kappa shape index (κ3) is 4.13. The van der Waals surface area contributed by atoms with E-state index in [1.165, 1.54) is 18.4 Å². The number of ether oxygens (including phenoxy) is 1.